The second kappa shape index (κ2) is 10.9. The molecule has 0 unspecified atom stereocenters. The average Bonchev–Trinajstić information content (AvgIpc) is 3.26. The maximum absolute atomic E-state index is 14.2. The van der Waals surface area contributed by atoms with Gasteiger partial charge < -0.3 is 33.2 Å². The number of Topliss-reactive ketones (excluding diaryl/α,β-unsaturated/α-hetero) is 2. The molecule has 0 N–H and O–H groups in total. The van der Waals surface area contributed by atoms with Gasteiger partial charge in [-0.3, -0.25) is 9.59 Å². The number of carbonyl (C=O) groups excluding carboxylic acids is 2. The first-order valence-corrected chi connectivity index (χ1v) is 11.7. The molecule has 9 nitrogen and oxygen atoms in total. The Morgan fingerprint density at radius 2 is 1.16 bits per heavy atom. The summed E-state index contributed by atoms with van der Waals surface area (Å²) in [5, 5.41) is 0. The molecule has 0 bridgehead atoms. The van der Waals surface area contributed by atoms with Crippen molar-refractivity contribution in [3.8, 4) is 40.2 Å². The Hall–Kier alpha value is -4.40. The predicted octanol–water partition coefficient (Wildman–Crippen LogP) is 4.57. The van der Waals surface area contributed by atoms with Gasteiger partial charge >= 0.3 is 0 Å². The molecule has 0 heterocycles. The van der Waals surface area contributed by atoms with Gasteiger partial charge in [0.1, 0.15) is 5.75 Å². The molecule has 0 fully saturated rings. The van der Waals surface area contributed by atoms with Gasteiger partial charge in [-0.05, 0) is 35.9 Å². The minimum absolute atomic E-state index is 0.238. The number of benzene rings is 3. The van der Waals surface area contributed by atoms with E-state index in [9.17, 15) is 9.59 Å². The Morgan fingerprint density at radius 3 is 1.63 bits per heavy atom. The monoisotopic (exact) mass is 522 g/mol. The summed E-state index contributed by atoms with van der Waals surface area (Å²) in [6.45, 7) is 0. The summed E-state index contributed by atoms with van der Waals surface area (Å²) >= 11 is 0. The van der Waals surface area contributed by atoms with Crippen molar-refractivity contribution in [2.75, 3.05) is 49.8 Å². The van der Waals surface area contributed by atoms with E-state index < -0.39 is 17.6 Å². The zero-order valence-electron chi connectivity index (χ0n) is 22.4. The van der Waals surface area contributed by atoms with E-state index in [0.717, 1.165) is 5.56 Å². The van der Waals surface area contributed by atoms with E-state index in [1.165, 1.54) is 42.7 Å². The number of fused-ring (bicyclic) bond motifs is 1. The van der Waals surface area contributed by atoms with Gasteiger partial charge in [0.25, 0.3) is 0 Å². The van der Waals surface area contributed by atoms with Crippen LogP contribution >= 0.6 is 0 Å². The highest BCUT2D eigenvalue weighted by Gasteiger charge is 2.48. The van der Waals surface area contributed by atoms with Gasteiger partial charge in [-0.25, -0.2) is 0 Å². The van der Waals surface area contributed by atoms with Gasteiger partial charge in [0.15, 0.2) is 34.6 Å². The molecule has 0 spiro atoms. The summed E-state index contributed by atoms with van der Waals surface area (Å²) in [6, 6.07) is 11.9. The largest absolute Gasteiger partial charge is 0.497 e. The van der Waals surface area contributed by atoms with Crippen LogP contribution in [-0.4, -0.2) is 61.3 Å². The lowest BCUT2D eigenvalue weighted by atomic mass is 9.81. The molecule has 0 saturated heterocycles. The van der Waals surface area contributed by atoms with Gasteiger partial charge in [-0.1, -0.05) is 12.1 Å². The molecule has 1 aliphatic carbocycles. The Bertz CT molecular complexity index is 1340. The summed E-state index contributed by atoms with van der Waals surface area (Å²) in [5.74, 6) is 0.0328. The van der Waals surface area contributed by atoms with E-state index in [-0.39, 0.29) is 11.3 Å². The van der Waals surface area contributed by atoms with Crippen molar-refractivity contribution in [3.05, 3.63) is 64.7 Å². The van der Waals surface area contributed by atoms with Crippen LogP contribution in [0.5, 0.6) is 40.2 Å². The molecule has 0 aromatic heterocycles. The Kier molecular flexibility index (Phi) is 7.66. The van der Waals surface area contributed by atoms with E-state index in [1.54, 1.807) is 37.4 Å². The SMILES string of the molecule is COc1ccc([C@H]2c3c(cc(OC)c(OC)c3OC)C(=O)[C@@H]2C(=O)c2cc(OC)c(OC)c(OC)c2)cc1. The molecule has 0 saturated carbocycles. The summed E-state index contributed by atoms with van der Waals surface area (Å²) in [6.07, 6.45) is 0. The number of rotatable bonds is 10. The summed E-state index contributed by atoms with van der Waals surface area (Å²) in [4.78, 5) is 28.2. The first-order valence-electron chi connectivity index (χ1n) is 11.7. The Balaban J connectivity index is 1.97. The number of ether oxygens (including phenoxy) is 7. The zero-order valence-corrected chi connectivity index (χ0v) is 22.4. The van der Waals surface area contributed by atoms with Crippen LogP contribution in [0.25, 0.3) is 0 Å². The van der Waals surface area contributed by atoms with E-state index in [0.29, 0.717) is 51.4 Å². The molecule has 1 aliphatic rings. The minimum Gasteiger partial charge on any atom is -0.497 e. The van der Waals surface area contributed by atoms with Crippen LogP contribution in [-0.2, 0) is 0 Å². The van der Waals surface area contributed by atoms with Crippen LogP contribution in [0.1, 0.15) is 37.8 Å². The van der Waals surface area contributed by atoms with Crippen LogP contribution in [0.3, 0.4) is 0 Å². The predicted molar refractivity (Wildman–Crippen MR) is 139 cm³/mol. The molecule has 3 aromatic rings. The fraction of sp³-hybridized carbons (Fsp3) is 0.310. The number of hydrogen-bond donors (Lipinski definition) is 0. The van der Waals surface area contributed by atoms with E-state index in [4.69, 9.17) is 33.2 Å². The highest BCUT2D eigenvalue weighted by molar-refractivity contribution is 6.21. The molecule has 3 aromatic carbocycles. The van der Waals surface area contributed by atoms with E-state index in [1.807, 2.05) is 12.1 Å². The second-order valence-corrected chi connectivity index (χ2v) is 8.48. The molecule has 9 heteroatoms. The van der Waals surface area contributed by atoms with Gasteiger partial charge in [-0.2, -0.15) is 0 Å². The van der Waals surface area contributed by atoms with Crippen molar-refractivity contribution in [3.63, 3.8) is 0 Å². The lowest BCUT2D eigenvalue weighted by molar-refractivity contribution is 0.0810. The molecule has 38 heavy (non-hydrogen) atoms. The van der Waals surface area contributed by atoms with Crippen molar-refractivity contribution < 1.29 is 42.7 Å². The molecule has 4 rings (SSSR count). The number of carbonyl (C=O) groups is 2. The van der Waals surface area contributed by atoms with Crippen molar-refractivity contribution in [1.29, 1.82) is 0 Å². The van der Waals surface area contributed by atoms with Crippen molar-refractivity contribution in [1.82, 2.24) is 0 Å². The third-order valence-electron chi connectivity index (χ3n) is 6.77. The fourth-order valence-corrected chi connectivity index (χ4v) is 5.02. The van der Waals surface area contributed by atoms with Crippen LogP contribution in [0.4, 0.5) is 0 Å². The lowest BCUT2D eigenvalue weighted by Crippen LogP contribution is -2.25. The minimum atomic E-state index is -1.10. The molecule has 0 radical (unpaired) electrons. The van der Waals surface area contributed by atoms with Gasteiger partial charge in [-0.15, -0.1) is 0 Å². The van der Waals surface area contributed by atoms with Gasteiger partial charge in [0.05, 0.1) is 55.7 Å². The fourth-order valence-electron chi connectivity index (χ4n) is 5.02. The number of ketones is 2. The third-order valence-corrected chi connectivity index (χ3v) is 6.77. The molecular weight excluding hydrogens is 492 g/mol. The van der Waals surface area contributed by atoms with Crippen LogP contribution < -0.4 is 33.2 Å². The molecule has 0 aliphatic heterocycles. The van der Waals surface area contributed by atoms with Gasteiger partial charge in [0, 0.05) is 22.6 Å². The first kappa shape index (κ1) is 26.7. The van der Waals surface area contributed by atoms with Gasteiger partial charge in [0.2, 0.25) is 11.5 Å². The molecule has 2 atom stereocenters. The first-order chi connectivity index (χ1) is 18.4. The highest BCUT2D eigenvalue weighted by atomic mass is 16.5. The van der Waals surface area contributed by atoms with E-state index in [2.05, 4.69) is 0 Å². The smallest absolute Gasteiger partial charge is 0.203 e. The molecule has 0 amide bonds. The molecule has 200 valence electrons. The van der Waals surface area contributed by atoms with Crippen LogP contribution in [0.2, 0.25) is 0 Å². The quantitative estimate of drug-likeness (QED) is 0.280. The Morgan fingerprint density at radius 1 is 0.632 bits per heavy atom. The molecular formula is C29H30O9. The topological polar surface area (TPSA) is 98.8 Å². The summed E-state index contributed by atoms with van der Waals surface area (Å²) < 4.78 is 38.4. The lowest BCUT2D eigenvalue weighted by Gasteiger charge is -2.23. The summed E-state index contributed by atoms with van der Waals surface area (Å²) in [7, 11) is 10.4. The van der Waals surface area contributed by atoms with Crippen molar-refractivity contribution in [2.45, 2.75) is 5.92 Å². The van der Waals surface area contributed by atoms with Crippen molar-refractivity contribution in [2.24, 2.45) is 5.92 Å². The number of hydrogen-bond acceptors (Lipinski definition) is 9. The van der Waals surface area contributed by atoms with Crippen molar-refractivity contribution >= 4 is 11.6 Å². The number of methoxy groups -OCH3 is 7. The average molecular weight is 523 g/mol. The zero-order chi connectivity index (χ0) is 27.6. The summed E-state index contributed by atoms with van der Waals surface area (Å²) in [5.41, 5.74) is 1.84. The van der Waals surface area contributed by atoms with Crippen LogP contribution in [0.15, 0.2) is 42.5 Å². The second-order valence-electron chi connectivity index (χ2n) is 8.48. The van der Waals surface area contributed by atoms with Crippen LogP contribution in [0, 0.1) is 5.92 Å². The maximum atomic E-state index is 14.2. The normalized spacial score (nSPS) is 15.9. The maximum Gasteiger partial charge on any atom is 0.203 e. The highest BCUT2D eigenvalue weighted by Crippen LogP contribution is 2.54. The third kappa shape index (κ3) is 4.23. The van der Waals surface area contributed by atoms with E-state index >= 15 is 0 Å². The standard InChI is InChI=1S/C29H30O9/c1-32-17-10-8-15(9-11-17)22-23-18(14-21(35-4)28(37-6)29(23)38-7)26(31)24(22)25(30)16-12-19(33-2)27(36-5)20(13-16)34-3/h8-14,22,24H,1-7H3/t22-,24-/m0/s1. The Labute approximate surface area is 221 Å².